The van der Waals surface area contributed by atoms with Gasteiger partial charge in [-0.1, -0.05) is 18.2 Å². The lowest BCUT2D eigenvalue weighted by Crippen LogP contribution is -2.20. The fourth-order valence-corrected chi connectivity index (χ4v) is 2.15. The Morgan fingerprint density at radius 1 is 1.41 bits per heavy atom. The number of hydrogen-bond acceptors (Lipinski definition) is 5. The first kappa shape index (κ1) is 15.9. The lowest BCUT2D eigenvalue weighted by Gasteiger charge is -2.02. The van der Waals surface area contributed by atoms with E-state index in [1.165, 1.54) is 6.42 Å². The maximum absolute atomic E-state index is 10.9. The van der Waals surface area contributed by atoms with Crippen molar-refractivity contribution in [1.29, 1.82) is 0 Å². The molecule has 0 spiro atoms. The molecule has 2 N–H and O–H groups in total. The smallest absolute Gasteiger partial charge is 0.257 e. The van der Waals surface area contributed by atoms with Crippen LogP contribution in [-0.2, 0) is 4.79 Å². The molecule has 0 unspecified atom stereocenters. The van der Waals surface area contributed by atoms with Gasteiger partial charge in [0.25, 0.3) is 5.91 Å². The molecule has 2 aromatic rings. The minimum atomic E-state index is -0.374. The summed E-state index contributed by atoms with van der Waals surface area (Å²) in [6.45, 7) is 3.04. The average molecular weight is 301 g/mol. The van der Waals surface area contributed by atoms with E-state index in [4.69, 9.17) is 4.42 Å². The average Bonchev–Trinajstić information content (AvgIpc) is 3.20. The van der Waals surface area contributed by atoms with Crippen molar-refractivity contribution in [3.05, 3.63) is 53.7 Å². The fraction of sp³-hybridized carbons (Fsp3) is 0.312. The van der Waals surface area contributed by atoms with Crippen LogP contribution in [-0.4, -0.2) is 23.8 Å². The molecule has 1 atom stereocenters. The Balaban J connectivity index is 0.000000160. The summed E-state index contributed by atoms with van der Waals surface area (Å²) in [4.78, 5) is 25.0. The first-order valence-electron chi connectivity index (χ1n) is 7.15. The number of nitrogens with one attached hydrogen (secondary N) is 2. The number of aromatic nitrogens is 1. The molecule has 6 heteroatoms. The molecule has 6 nitrogen and oxygen atoms in total. The van der Waals surface area contributed by atoms with Crippen molar-refractivity contribution in [3.63, 3.8) is 0 Å². The summed E-state index contributed by atoms with van der Waals surface area (Å²) < 4.78 is 5.27. The van der Waals surface area contributed by atoms with Gasteiger partial charge in [-0.2, -0.15) is 0 Å². The SMILES string of the molecule is Cc1coc([C@H]2CCCN2)n1.O=CNC(=O)c1ccccc1. The van der Waals surface area contributed by atoms with Crippen molar-refractivity contribution in [2.75, 3.05) is 6.54 Å². The van der Waals surface area contributed by atoms with Crippen LogP contribution < -0.4 is 10.6 Å². The van der Waals surface area contributed by atoms with E-state index >= 15 is 0 Å². The minimum absolute atomic E-state index is 0.365. The zero-order chi connectivity index (χ0) is 15.8. The molecule has 1 aliphatic rings. The van der Waals surface area contributed by atoms with Crippen molar-refractivity contribution in [2.45, 2.75) is 25.8 Å². The summed E-state index contributed by atoms with van der Waals surface area (Å²) in [6, 6.07) is 8.91. The van der Waals surface area contributed by atoms with Gasteiger partial charge in [0, 0.05) is 5.56 Å². The highest BCUT2D eigenvalue weighted by Crippen LogP contribution is 2.21. The Morgan fingerprint density at radius 2 is 2.18 bits per heavy atom. The molecular formula is C16H19N3O3. The second kappa shape index (κ2) is 8.09. The molecule has 2 amide bonds. The number of imide groups is 1. The lowest BCUT2D eigenvalue weighted by atomic mass is 10.2. The van der Waals surface area contributed by atoms with Crippen LogP contribution in [0.25, 0.3) is 0 Å². The predicted octanol–water partition coefficient (Wildman–Crippen LogP) is 1.98. The van der Waals surface area contributed by atoms with Gasteiger partial charge >= 0.3 is 0 Å². The van der Waals surface area contributed by atoms with Crippen molar-refractivity contribution < 1.29 is 14.0 Å². The largest absolute Gasteiger partial charge is 0.447 e. The quantitative estimate of drug-likeness (QED) is 0.847. The summed E-state index contributed by atoms with van der Waals surface area (Å²) in [6.07, 6.45) is 4.46. The highest BCUT2D eigenvalue weighted by Gasteiger charge is 2.20. The number of benzene rings is 1. The van der Waals surface area contributed by atoms with E-state index in [1.54, 1.807) is 36.6 Å². The molecule has 2 heterocycles. The van der Waals surface area contributed by atoms with E-state index in [1.807, 2.05) is 12.2 Å². The van der Waals surface area contributed by atoms with Gasteiger partial charge in [-0.25, -0.2) is 4.98 Å². The molecule has 1 aromatic carbocycles. The molecular weight excluding hydrogens is 282 g/mol. The minimum Gasteiger partial charge on any atom is -0.447 e. The Labute approximate surface area is 128 Å². The highest BCUT2D eigenvalue weighted by atomic mass is 16.3. The molecule has 1 saturated heterocycles. The van der Waals surface area contributed by atoms with Gasteiger partial charge in [-0.15, -0.1) is 0 Å². The summed E-state index contributed by atoms with van der Waals surface area (Å²) in [5, 5.41) is 5.37. The number of oxazole rings is 1. The van der Waals surface area contributed by atoms with Crippen LogP contribution in [0.5, 0.6) is 0 Å². The van der Waals surface area contributed by atoms with Crippen molar-refractivity contribution >= 4 is 12.3 Å². The molecule has 116 valence electrons. The van der Waals surface area contributed by atoms with E-state index in [2.05, 4.69) is 10.3 Å². The van der Waals surface area contributed by atoms with E-state index < -0.39 is 0 Å². The van der Waals surface area contributed by atoms with Gasteiger partial charge in [0.1, 0.15) is 6.26 Å². The van der Waals surface area contributed by atoms with E-state index in [9.17, 15) is 9.59 Å². The Kier molecular flexibility index (Phi) is 5.85. The Morgan fingerprint density at radius 3 is 2.73 bits per heavy atom. The number of nitrogens with zero attached hydrogens (tertiary/aromatic N) is 1. The molecule has 3 rings (SSSR count). The first-order chi connectivity index (χ1) is 10.7. The first-order valence-corrected chi connectivity index (χ1v) is 7.15. The highest BCUT2D eigenvalue weighted by molar-refractivity contribution is 5.99. The molecule has 1 fully saturated rings. The van der Waals surface area contributed by atoms with E-state index in [-0.39, 0.29) is 5.91 Å². The van der Waals surface area contributed by atoms with Gasteiger partial charge in [-0.3, -0.25) is 14.9 Å². The zero-order valence-electron chi connectivity index (χ0n) is 12.4. The predicted molar refractivity (Wildman–Crippen MR) is 81.2 cm³/mol. The third kappa shape index (κ3) is 4.53. The number of carbonyl (C=O) groups is 2. The summed E-state index contributed by atoms with van der Waals surface area (Å²) in [5.74, 6) is 0.473. The normalized spacial score (nSPS) is 16.5. The summed E-state index contributed by atoms with van der Waals surface area (Å²) >= 11 is 0. The van der Waals surface area contributed by atoms with Crippen molar-refractivity contribution in [1.82, 2.24) is 15.6 Å². The second-order valence-electron chi connectivity index (χ2n) is 4.93. The van der Waals surface area contributed by atoms with Gasteiger partial charge in [-0.05, 0) is 38.4 Å². The van der Waals surface area contributed by atoms with E-state index in [0.29, 0.717) is 18.0 Å². The van der Waals surface area contributed by atoms with E-state index in [0.717, 1.165) is 24.6 Å². The molecule has 0 bridgehead atoms. The summed E-state index contributed by atoms with van der Waals surface area (Å²) in [5.41, 5.74) is 1.45. The molecule has 1 aromatic heterocycles. The topological polar surface area (TPSA) is 84.2 Å². The van der Waals surface area contributed by atoms with Crippen LogP contribution in [0.4, 0.5) is 0 Å². The molecule has 1 aliphatic heterocycles. The number of amides is 2. The van der Waals surface area contributed by atoms with Gasteiger partial charge in [0.2, 0.25) is 12.3 Å². The molecule has 0 saturated carbocycles. The monoisotopic (exact) mass is 301 g/mol. The maximum Gasteiger partial charge on any atom is 0.257 e. The molecule has 22 heavy (non-hydrogen) atoms. The van der Waals surface area contributed by atoms with Crippen LogP contribution in [0.3, 0.4) is 0 Å². The second-order valence-corrected chi connectivity index (χ2v) is 4.93. The van der Waals surface area contributed by atoms with Crippen LogP contribution >= 0.6 is 0 Å². The maximum atomic E-state index is 10.9. The third-order valence-electron chi connectivity index (χ3n) is 3.22. The number of rotatable bonds is 3. The van der Waals surface area contributed by atoms with Crippen LogP contribution in [0, 0.1) is 6.92 Å². The van der Waals surface area contributed by atoms with Crippen LogP contribution in [0.15, 0.2) is 41.0 Å². The van der Waals surface area contributed by atoms with Crippen LogP contribution in [0.2, 0.25) is 0 Å². The molecule has 0 aliphatic carbocycles. The van der Waals surface area contributed by atoms with Gasteiger partial charge in [0.15, 0.2) is 0 Å². The van der Waals surface area contributed by atoms with Gasteiger partial charge in [0.05, 0.1) is 11.7 Å². The number of carbonyl (C=O) groups excluding carboxylic acids is 2. The molecule has 0 radical (unpaired) electrons. The number of hydrogen-bond donors (Lipinski definition) is 2. The summed E-state index contributed by atoms with van der Waals surface area (Å²) in [7, 11) is 0. The Bertz CT molecular complexity index is 604. The standard InChI is InChI=1S/C8H12N2O.C8H7NO2/c1-6-5-11-8(10-6)7-3-2-4-9-7;10-6-9-8(11)7-4-2-1-3-5-7/h5,7,9H,2-4H2,1H3;1-6H,(H,9,10,11)/t7-;/m1./s1. The van der Waals surface area contributed by atoms with Crippen LogP contribution in [0.1, 0.15) is 40.8 Å². The lowest BCUT2D eigenvalue weighted by molar-refractivity contribution is -0.108. The third-order valence-corrected chi connectivity index (χ3v) is 3.22. The Hall–Kier alpha value is -2.47. The zero-order valence-corrected chi connectivity index (χ0v) is 12.4. The van der Waals surface area contributed by atoms with Gasteiger partial charge < -0.3 is 9.73 Å². The number of aryl methyl sites for hydroxylation is 1. The fourth-order valence-electron chi connectivity index (χ4n) is 2.15. The van der Waals surface area contributed by atoms with Crippen molar-refractivity contribution in [2.24, 2.45) is 0 Å². The van der Waals surface area contributed by atoms with Crippen molar-refractivity contribution in [3.8, 4) is 0 Å².